The van der Waals surface area contributed by atoms with Gasteiger partial charge < -0.3 is 0 Å². The van der Waals surface area contributed by atoms with Crippen molar-refractivity contribution in [1.29, 1.82) is 0 Å². The third-order valence-electron chi connectivity index (χ3n) is 1.56. The van der Waals surface area contributed by atoms with Crippen LogP contribution in [0.5, 0.6) is 0 Å². The van der Waals surface area contributed by atoms with Crippen LogP contribution in [0.15, 0.2) is 22.7 Å². The second-order valence-electron chi connectivity index (χ2n) is 2.58. The molecule has 1 aliphatic carbocycles. The van der Waals surface area contributed by atoms with Crippen LogP contribution in [0.25, 0.3) is 0 Å². The molecule has 0 aliphatic heterocycles. The van der Waals surface area contributed by atoms with Crippen molar-refractivity contribution in [3.63, 3.8) is 0 Å². The van der Waals surface area contributed by atoms with Crippen LogP contribution >= 0.6 is 15.9 Å². The van der Waals surface area contributed by atoms with E-state index in [2.05, 4.69) is 48.0 Å². The predicted octanol–water partition coefficient (Wildman–Crippen LogP) is 3.11. The smallest absolute Gasteiger partial charge is 0.00530 e. The molecule has 0 nitrogen and oxygen atoms in total. The van der Waals surface area contributed by atoms with Crippen LogP contribution in [0.3, 0.4) is 0 Å². The van der Waals surface area contributed by atoms with Crippen molar-refractivity contribution in [2.45, 2.75) is 13.8 Å². The van der Waals surface area contributed by atoms with Gasteiger partial charge in [0.2, 0.25) is 0 Å². The zero-order valence-corrected chi connectivity index (χ0v) is 7.35. The molecule has 1 heteroatoms. The lowest BCUT2D eigenvalue weighted by atomic mass is 9.99. The second kappa shape index (κ2) is 2.70. The van der Waals surface area contributed by atoms with Crippen LogP contribution in [-0.4, -0.2) is 0 Å². The summed E-state index contributed by atoms with van der Waals surface area (Å²) in [5, 5.41) is 0. The Balaban J connectivity index is 2.70. The van der Waals surface area contributed by atoms with E-state index in [1.54, 1.807) is 0 Å². The minimum Gasteiger partial charge on any atom is -0.0812 e. The summed E-state index contributed by atoms with van der Waals surface area (Å²) in [5.41, 5.74) is 0. The number of allylic oxidation sites excluding steroid dienone is 4. The summed E-state index contributed by atoms with van der Waals surface area (Å²) in [6.45, 7) is 4.37. The Kier molecular flexibility index (Phi) is 2.12. The molecule has 9 heavy (non-hydrogen) atoms. The molecule has 0 aromatic heterocycles. The van der Waals surface area contributed by atoms with Crippen LogP contribution in [-0.2, 0) is 0 Å². The van der Waals surface area contributed by atoms with E-state index in [1.807, 2.05) is 0 Å². The first-order valence-corrected chi connectivity index (χ1v) is 4.05. The van der Waals surface area contributed by atoms with Gasteiger partial charge >= 0.3 is 0 Å². The SMILES string of the molecule is CC1C=CC(C)C(Br)=C1. The van der Waals surface area contributed by atoms with E-state index < -0.39 is 0 Å². The van der Waals surface area contributed by atoms with Gasteiger partial charge in [0.1, 0.15) is 0 Å². The molecular formula is C8H11Br. The summed E-state index contributed by atoms with van der Waals surface area (Å²) < 4.78 is 1.32. The summed E-state index contributed by atoms with van der Waals surface area (Å²) in [4.78, 5) is 0. The normalized spacial score (nSPS) is 34.3. The molecule has 0 saturated heterocycles. The van der Waals surface area contributed by atoms with Gasteiger partial charge in [0.25, 0.3) is 0 Å². The van der Waals surface area contributed by atoms with Gasteiger partial charge in [-0.15, -0.1) is 0 Å². The number of hydrogen-bond donors (Lipinski definition) is 0. The topological polar surface area (TPSA) is 0 Å². The highest BCUT2D eigenvalue weighted by Crippen LogP contribution is 2.25. The molecule has 2 atom stereocenters. The first-order chi connectivity index (χ1) is 4.20. The fourth-order valence-corrected chi connectivity index (χ4v) is 1.46. The van der Waals surface area contributed by atoms with Gasteiger partial charge in [-0.2, -0.15) is 0 Å². The molecular weight excluding hydrogens is 176 g/mol. The summed E-state index contributed by atoms with van der Waals surface area (Å²) in [6, 6.07) is 0. The molecule has 2 unspecified atom stereocenters. The molecule has 0 heterocycles. The van der Waals surface area contributed by atoms with Crippen molar-refractivity contribution in [3.05, 3.63) is 22.7 Å². The molecule has 0 aromatic rings. The largest absolute Gasteiger partial charge is 0.0812 e. The van der Waals surface area contributed by atoms with Crippen molar-refractivity contribution in [2.24, 2.45) is 11.8 Å². The Morgan fingerprint density at radius 3 is 2.44 bits per heavy atom. The Bertz CT molecular complexity index is 156. The minimum absolute atomic E-state index is 0.584. The fourth-order valence-electron chi connectivity index (χ4n) is 0.892. The minimum atomic E-state index is 0.584. The van der Waals surface area contributed by atoms with Gasteiger partial charge in [0.05, 0.1) is 0 Å². The fraction of sp³-hybridized carbons (Fsp3) is 0.500. The lowest BCUT2D eigenvalue weighted by Crippen LogP contribution is -1.98. The van der Waals surface area contributed by atoms with E-state index in [9.17, 15) is 0 Å². The molecule has 0 bridgehead atoms. The summed E-state index contributed by atoms with van der Waals surface area (Å²) in [7, 11) is 0. The van der Waals surface area contributed by atoms with Gasteiger partial charge in [-0.1, -0.05) is 48.0 Å². The predicted molar refractivity (Wildman–Crippen MR) is 44.5 cm³/mol. The van der Waals surface area contributed by atoms with Crippen LogP contribution in [0.2, 0.25) is 0 Å². The molecule has 50 valence electrons. The Morgan fingerprint density at radius 1 is 1.33 bits per heavy atom. The van der Waals surface area contributed by atoms with Crippen molar-refractivity contribution in [2.75, 3.05) is 0 Å². The molecule has 1 aliphatic rings. The van der Waals surface area contributed by atoms with Crippen LogP contribution in [0.4, 0.5) is 0 Å². The van der Waals surface area contributed by atoms with E-state index in [4.69, 9.17) is 0 Å². The van der Waals surface area contributed by atoms with Gasteiger partial charge in [0, 0.05) is 5.92 Å². The van der Waals surface area contributed by atoms with Gasteiger partial charge in [0.15, 0.2) is 0 Å². The van der Waals surface area contributed by atoms with Crippen molar-refractivity contribution in [1.82, 2.24) is 0 Å². The maximum absolute atomic E-state index is 3.50. The highest BCUT2D eigenvalue weighted by molar-refractivity contribution is 9.11. The maximum atomic E-state index is 3.50. The number of hydrogen-bond acceptors (Lipinski definition) is 0. The zero-order chi connectivity index (χ0) is 6.85. The van der Waals surface area contributed by atoms with Gasteiger partial charge in [-0.05, 0) is 10.4 Å². The van der Waals surface area contributed by atoms with Crippen LogP contribution in [0.1, 0.15) is 13.8 Å². The van der Waals surface area contributed by atoms with Crippen molar-refractivity contribution in [3.8, 4) is 0 Å². The molecule has 0 radical (unpaired) electrons. The van der Waals surface area contributed by atoms with Crippen molar-refractivity contribution < 1.29 is 0 Å². The van der Waals surface area contributed by atoms with E-state index in [0.717, 1.165) is 0 Å². The third-order valence-corrected chi connectivity index (χ3v) is 2.55. The van der Waals surface area contributed by atoms with E-state index in [1.165, 1.54) is 4.48 Å². The Morgan fingerprint density at radius 2 is 2.00 bits per heavy atom. The first-order valence-electron chi connectivity index (χ1n) is 3.25. The summed E-state index contributed by atoms with van der Waals surface area (Å²) in [5.74, 6) is 1.19. The number of rotatable bonds is 0. The zero-order valence-electron chi connectivity index (χ0n) is 5.76. The molecule has 0 fully saturated rings. The third kappa shape index (κ3) is 1.68. The van der Waals surface area contributed by atoms with Crippen molar-refractivity contribution >= 4 is 15.9 Å². The molecule has 0 aromatic carbocycles. The standard InChI is InChI=1S/C8H11Br/c1-6-3-4-7(2)8(9)5-6/h3-7H,1-2H3. The Hall–Kier alpha value is -0.0400. The van der Waals surface area contributed by atoms with E-state index in [-0.39, 0.29) is 0 Å². The van der Waals surface area contributed by atoms with Gasteiger partial charge in [-0.25, -0.2) is 0 Å². The van der Waals surface area contributed by atoms with Crippen LogP contribution in [0, 0.1) is 11.8 Å². The average molecular weight is 187 g/mol. The summed E-state index contributed by atoms with van der Waals surface area (Å²) in [6.07, 6.45) is 6.70. The monoisotopic (exact) mass is 186 g/mol. The molecule has 1 rings (SSSR count). The highest BCUT2D eigenvalue weighted by atomic mass is 79.9. The van der Waals surface area contributed by atoms with E-state index >= 15 is 0 Å². The molecule has 0 amide bonds. The maximum Gasteiger partial charge on any atom is 0.00530 e. The van der Waals surface area contributed by atoms with Crippen LogP contribution < -0.4 is 0 Å². The molecule has 0 saturated carbocycles. The highest BCUT2D eigenvalue weighted by Gasteiger charge is 2.07. The lowest BCUT2D eigenvalue weighted by Gasteiger charge is -2.12. The number of halogens is 1. The van der Waals surface area contributed by atoms with Gasteiger partial charge in [-0.3, -0.25) is 0 Å². The quantitative estimate of drug-likeness (QED) is 0.511. The molecule has 0 N–H and O–H groups in total. The molecule has 0 spiro atoms. The lowest BCUT2D eigenvalue weighted by molar-refractivity contribution is 0.818. The average Bonchev–Trinajstić information content (AvgIpc) is 1.80. The second-order valence-corrected chi connectivity index (χ2v) is 3.50. The Labute approximate surface area is 64.8 Å². The summed E-state index contributed by atoms with van der Waals surface area (Å²) >= 11 is 3.50. The van der Waals surface area contributed by atoms with E-state index in [0.29, 0.717) is 11.8 Å². The first kappa shape index (κ1) is 7.07.